The molecule has 3 aliphatic rings. The average molecular weight is 182 g/mol. The van der Waals surface area contributed by atoms with Gasteiger partial charge in [-0.2, -0.15) is 0 Å². The van der Waals surface area contributed by atoms with Gasteiger partial charge in [-0.1, -0.05) is 0 Å². The van der Waals surface area contributed by atoms with E-state index >= 15 is 0 Å². The molecule has 0 atom stereocenters. The molecule has 0 aliphatic carbocycles. The van der Waals surface area contributed by atoms with Crippen LogP contribution >= 0.6 is 0 Å². The van der Waals surface area contributed by atoms with Crippen molar-refractivity contribution >= 4 is 0 Å². The first-order valence-electron chi connectivity index (χ1n) is 5.02. The summed E-state index contributed by atoms with van der Waals surface area (Å²) in [6.45, 7) is 5.83. The molecular weight excluding hydrogens is 164 g/mol. The highest BCUT2D eigenvalue weighted by atomic mass is 16.6. The van der Waals surface area contributed by atoms with Gasteiger partial charge in [-0.25, -0.2) is 0 Å². The molecule has 1 N–H and O–H groups in total. The molecule has 3 fully saturated rings. The van der Waals surface area contributed by atoms with E-state index in [9.17, 15) is 0 Å². The van der Waals surface area contributed by atoms with Crippen LogP contribution in [0.3, 0.4) is 0 Å². The van der Waals surface area contributed by atoms with Gasteiger partial charge >= 0.3 is 0 Å². The fourth-order valence-electron chi connectivity index (χ4n) is 2.45. The summed E-state index contributed by atoms with van der Waals surface area (Å²) in [5.41, 5.74) is 5.73. The molecule has 3 rings (SSSR count). The molecule has 0 saturated carbocycles. The Bertz CT molecular complexity index is 217. The topological polar surface area (TPSA) is 24.5 Å². The minimum atomic E-state index is 0.813. The third-order valence-electron chi connectivity index (χ3n) is 3.21. The highest BCUT2D eigenvalue weighted by molar-refractivity contribution is 5.19. The molecule has 3 nitrogen and oxygen atoms in total. The molecule has 0 unspecified atom stereocenters. The molecule has 3 heterocycles. The van der Waals surface area contributed by atoms with E-state index in [0.29, 0.717) is 0 Å². The van der Waals surface area contributed by atoms with Gasteiger partial charge in [-0.3, -0.25) is 15.2 Å². The van der Waals surface area contributed by atoms with Crippen LogP contribution in [0.4, 0.5) is 0 Å². The SMILES string of the molecule is CONC(C)=C1CN2CCC1CC2. The van der Waals surface area contributed by atoms with Crippen LogP contribution in [0, 0.1) is 5.92 Å². The van der Waals surface area contributed by atoms with E-state index < -0.39 is 0 Å². The molecule has 2 bridgehead atoms. The number of nitrogens with one attached hydrogen (secondary N) is 1. The lowest BCUT2D eigenvalue weighted by Gasteiger charge is -2.41. The van der Waals surface area contributed by atoms with Gasteiger partial charge in [-0.05, 0) is 44.3 Å². The fraction of sp³-hybridized carbons (Fsp3) is 0.800. The van der Waals surface area contributed by atoms with Gasteiger partial charge in [-0.15, -0.1) is 0 Å². The van der Waals surface area contributed by atoms with Crippen molar-refractivity contribution in [3.63, 3.8) is 0 Å². The predicted octanol–water partition coefficient (Wildman–Crippen LogP) is 1.14. The lowest BCUT2D eigenvalue weighted by atomic mass is 9.83. The Balaban J connectivity index is 2.11. The number of piperidine rings is 3. The predicted molar refractivity (Wildman–Crippen MR) is 52.0 cm³/mol. The molecule has 3 heteroatoms. The van der Waals surface area contributed by atoms with E-state index in [1.807, 2.05) is 0 Å². The molecule has 0 spiro atoms. The quantitative estimate of drug-likeness (QED) is 0.648. The second kappa shape index (κ2) is 3.68. The van der Waals surface area contributed by atoms with Gasteiger partial charge < -0.3 is 0 Å². The third kappa shape index (κ3) is 1.71. The Hall–Kier alpha value is -0.540. The van der Waals surface area contributed by atoms with Crippen LogP contribution in [-0.2, 0) is 4.84 Å². The van der Waals surface area contributed by atoms with Crippen molar-refractivity contribution in [1.82, 2.24) is 10.4 Å². The number of fused-ring (bicyclic) bond motifs is 3. The summed E-state index contributed by atoms with van der Waals surface area (Å²) < 4.78 is 0. The Labute approximate surface area is 79.7 Å². The van der Waals surface area contributed by atoms with Gasteiger partial charge in [0.15, 0.2) is 0 Å². The second-order valence-electron chi connectivity index (χ2n) is 4.01. The minimum absolute atomic E-state index is 0.813. The normalized spacial score (nSPS) is 36.2. The highest BCUT2D eigenvalue weighted by Crippen LogP contribution is 2.32. The first kappa shape index (κ1) is 9.03. The molecule has 0 aromatic rings. The van der Waals surface area contributed by atoms with E-state index in [-0.39, 0.29) is 0 Å². The lowest BCUT2D eigenvalue weighted by molar-refractivity contribution is 0.108. The maximum absolute atomic E-state index is 4.94. The molecule has 3 aliphatic heterocycles. The smallest absolute Gasteiger partial charge is 0.0636 e. The van der Waals surface area contributed by atoms with Gasteiger partial charge in [0.05, 0.1) is 7.11 Å². The third-order valence-corrected chi connectivity index (χ3v) is 3.21. The number of nitrogens with zero attached hydrogens (tertiary/aromatic N) is 1. The van der Waals surface area contributed by atoms with Gasteiger partial charge in [0.1, 0.15) is 0 Å². The van der Waals surface area contributed by atoms with Crippen molar-refractivity contribution in [3.8, 4) is 0 Å². The lowest BCUT2D eigenvalue weighted by Crippen LogP contribution is -2.44. The zero-order chi connectivity index (χ0) is 9.26. The van der Waals surface area contributed by atoms with E-state index in [1.165, 1.54) is 31.6 Å². The van der Waals surface area contributed by atoms with Gasteiger partial charge in [0.2, 0.25) is 0 Å². The summed E-state index contributed by atoms with van der Waals surface area (Å²) in [4.78, 5) is 7.46. The standard InChI is InChI=1S/C10H18N2O/c1-8(11-13-2)10-7-12-5-3-9(10)4-6-12/h9,11H,3-7H2,1-2H3. The molecule has 0 aromatic carbocycles. The van der Waals surface area contributed by atoms with E-state index in [4.69, 9.17) is 4.84 Å². The van der Waals surface area contributed by atoms with E-state index in [2.05, 4.69) is 17.3 Å². The minimum Gasteiger partial charge on any atom is -0.299 e. The fourth-order valence-corrected chi connectivity index (χ4v) is 2.45. The van der Waals surface area contributed by atoms with Crippen molar-refractivity contribution in [1.29, 1.82) is 0 Å². The number of hydroxylamine groups is 1. The van der Waals surface area contributed by atoms with Crippen LogP contribution in [0.5, 0.6) is 0 Å². The van der Waals surface area contributed by atoms with Gasteiger partial charge in [0, 0.05) is 12.2 Å². The van der Waals surface area contributed by atoms with Crippen molar-refractivity contribution in [2.75, 3.05) is 26.7 Å². The zero-order valence-corrected chi connectivity index (χ0v) is 8.47. The first-order chi connectivity index (χ1) is 6.31. The Morgan fingerprint density at radius 1 is 1.46 bits per heavy atom. The van der Waals surface area contributed by atoms with E-state index in [1.54, 1.807) is 12.7 Å². The van der Waals surface area contributed by atoms with Crippen LogP contribution in [0.15, 0.2) is 11.3 Å². The number of hydrogen-bond donors (Lipinski definition) is 1. The summed E-state index contributed by atoms with van der Waals surface area (Å²) in [6.07, 6.45) is 2.66. The largest absolute Gasteiger partial charge is 0.299 e. The summed E-state index contributed by atoms with van der Waals surface area (Å²) in [5.74, 6) is 0.813. The van der Waals surface area contributed by atoms with E-state index in [0.717, 1.165) is 12.5 Å². The molecular formula is C10H18N2O. The van der Waals surface area contributed by atoms with Crippen molar-refractivity contribution in [3.05, 3.63) is 11.3 Å². The first-order valence-corrected chi connectivity index (χ1v) is 5.02. The Morgan fingerprint density at radius 2 is 2.15 bits per heavy atom. The summed E-state index contributed by atoms with van der Waals surface area (Å²) in [7, 11) is 1.67. The zero-order valence-electron chi connectivity index (χ0n) is 8.47. The summed E-state index contributed by atoms with van der Waals surface area (Å²) in [6, 6.07) is 0. The highest BCUT2D eigenvalue weighted by Gasteiger charge is 2.30. The van der Waals surface area contributed by atoms with Crippen LogP contribution < -0.4 is 5.48 Å². The number of allylic oxidation sites excluding steroid dienone is 1. The molecule has 0 aromatic heterocycles. The summed E-state index contributed by atoms with van der Waals surface area (Å²) in [5, 5.41) is 0. The Morgan fingerprint density at radius 3 is 2.62 bits per heavy atom. The molecule has 0 radical (unpaired) electrons. The molecule has 13 heavy (non-hydrogen) atoms. The Kier molecular flexibility index (Phi) is 2.56. The monoisotopic (exact) mass is 182 g/mol. The van der Waals surface area contributed by atoms with Crippen LogP contribution in [0.25, 0.3) is 0 Å². The van der Waals surface area contributed by atoms with Gasteiger partial charge in [0.25, 0.3) is 0 Å². The maximum Gasteiger partial charge on any atom is 0.0636 e. The van der Waals surface area contributed by atoms with Crippen LogP contribution in [-0.4, -0.2) is 31.6 Å². The molecule has 0 amide bonds. The second-order valence-corrected chi connectivity index (χ2v) is 4.01. The van der Waals surface area contributed by atoms with Crippen LogP contribution in [0.1, 0.15) is 19.8 Å². The molecule has 3 saturated heterocycles. The van der Waals surface area contributed by atoms with Crippen molar-refractivity contribution in [2.45, 2.75) is 19.8 Å². The van der Waals surface area contributed by atoms with Crippen molar-refractivity contribution < 1.29 is 4.84 Å². The summed E-state index contributed by atoms with van der Waals surface area (Å²) >= 11 is 0. The number of hydrogen-bond acceptors (Lipinski definition) is 3. The molecule has 74 valence electrons. The van der Waals surface area contributed by atoms with Crippen LogP contribution in [0.2, 0.25) is 0 Å². The van der Waals surface area contributed by atoms with Crippen molar-refractivity contribution in [2.24, 2.45) is 5.92 Å². The average Bonchev–Trinajstić information content (AvgIpc) is 2.20. The maximum atomic E-state index is 4.94. The number of rotatable bonds is 2.